The van der Waals surface area contributed by atoms with Gasteiger partial charge >= 0.3 is 0 Å². The largest absolute Gasteiger partial charge is 0.466 e. The normalized spacial score (nSPS) is 21.2. The second-order valence-electron chi connectivity index (χ2n) is 8.20. The third-order valence-electron chi connectivity index (χ3n) is 5.80. The van der Waals surface area contributed by atoms with E-state index in [-0.39, 0.29) is 11.6 Å². The molecule has 6 rings (SSSR count). The molecule has 0 N–H and O–H groups in total. The summed E-state index contributed by atoms with van der Waals surface area (Å²) in [5.74, 6) is 2.30. The van der Waals surface area contributed by atoms with Crippen LogP contribution in [0.5, 0.6) is 17.2 Å². The first-order valence-corrected chi connectivity index (χ1v) is 11.3. The highest BCUT2D eigenvalue weighted by Gasteiger charge is 2.42. The molecule has 2 atom stereocenters. The van der Waals surface area contributed by atoms with Gasteiger partial charge in [0.2, 0.25) is 5.72 Å². The molecular formula is C26H20N2O3S. The minimum Gasteiger partial charge on any atom is -0.466 e. The highest BCUT2D eigenvalue weighted by Crippen LogP contribution is 2.42. The number of rotatable bonds is 3. The molecule has 0 radical (unpaired) electrons. The minimum absolute atomic E-state index is 0.0214. The molecule has 0 fully saturated rings. The van der Waals surface area contributed by atoms with E-state index in [9.17, 15) is 4.79 Å². The lowest BCUT2D eigenvalue weighted by molar-refractivity contribution is 0.0410. The Morgan fingerprint density at radius 1 is 1.06 bits per heavy atom. The predicted molar refractivity (Wildman–Crippen MR) is 124 cm³/mol. The van der Waals surface area contributed by atoms with E-state index in [0.717, 1.165) is 28.4 Å². The average molecular weight is 441 g/mol. The summed E-state index contributed by atoms with van der Waals surface area (Å²) in [6.45, 7) is 1.98. The van der Waals surface area contributed by atoms with E-state index < -0.39 is 5.72 Å². The molecule has 0 spiro atoms. The van der Waals surface area contributed by atoms with Crippen LogP contribution in [0.1, 0.15) is 30.5 Å². The van der Waals surface area contributed by atoms with E-state index in [1.54, 1.807) is 0 Å². The lowest BCUT2D eigenvalue weighted by Crippen LogP contribution is -2.49. The smallest absolute Gasteiger partial charge is 0.270 e. The summed E-state index contributed by atoms with van der Waals surface area (Å²) in [7, 11) is 0. The third kappa shape index (κ3) is 3.24. The zero-order valence-corrected chi connectivity index (χ0v) is 18.2. The highest BCUT2D eigenvalue weighted by atomic mass is 32.1. The summed E-state index contributed by atoms with van der Waals surface area (Å²) >= 11 is 1.40. The predicted octanol–water partition coefficient (Wildman–Crippen LogP) is 4.25. The van der Waals surface area contributed by atoms with Crippen molar-refractivity contribution < 1.29 is 9.47 Å². The fraction of sp³-hybridized carbons (Fsp3) is 0.154. The maximum absolute atomic E-state index is 13.4. The summed E-state index contributed by atoms with van der Waals surface area (Å²) < 4.78 is 14.6. The van der Waals surface area contributed by atoms with Crippen molar-refractivity contribution in [3.63, 3.8) is 0 Å². The van der Waals surface area contributed by atoms with Gasteiger partial charge in [-0.05, 0) is 48.9 Å². The molecule has 2 aliphatic heterocycles. The zero-order chi connectivity index (χ0) is 21.7. The van der Waals surface area contributed by atoms with Gasteiger partial charge in [-0.15, -0.1) is 0 Å². The maximum atomic E-state index is 13.4. The summed E-state index contributed by atoms with van der Waals surface area (Å²) in [6.07, 6.45) is 2.55. The lowest BCUT2D eigenvalue weighted by atomic mass is 9.93. The molecule has 6 heteroatoms. The van der Waals surface area contributed by atoms with Crippen molar-refractivity contribution >= 4 is 17.4 Å². The van der Waals surface area contributed by atoms with E-state index in [1.807, 2.05) is 96.4 Å². The Hall–Kier alpha value is -3.64. The molecule has 2 bridgehead atoms. The molecule has 2 aliphatic rings. The first-order chi connectivity index (χ1) is 15.6. The van der Waals surface area contributed by atoms with Crippen LogP contribution in [-0.4, -0.2) is 10.3 Å². The maximum Gasteiger partial charge on any atom is 0.270 e. The van der Waals surface area contributed by atoms with Crippen LogP contribution in [0.25, 0.3) is 6.08 Å². The van der Waals surface area contributed by atoms with E-state index in [2.05, 4.69) is 0 Å². The van der Waals surface area contributed by atoms with Crippen molar-refractivity contribution in [1.82, 2.24) is 4.57 Å². The van der Waals surface area contributed by atoms with Gasteiger partial charge in [0.25, 0.3) is 5.56 Å². The summed E-state index contributed by atoms with van der Waals surface area (Å²) in [5, 5.41) is 0. The van der Waals surface area contributed by atoms with Crippen LogP contribution in [0.2, 0.25) is 0 Å². The Labute approximate surface area is 188 Å². The van der Waals surface area contributed by atoms with Gasteiger partial charge in [0, 0.05) is 12.0 Å². The number of aromatic nitrogens is 1. The number of thiazole rings is 1. The van der Waals surface area contributed by atoms with Crippen molar-refractivity contribution in [2.45, 2.75) is 25.1 Å². The molecule has 0 aliphatic carbocycles. The van der Waals surface area contributed by atoms with Gasteiger partial charge in [0.15, 0.2) is 4.80 Å². The molecule has 158 valence electrons. The number of benzene rings is 3. The van der Waals surface area contributed by atoms with Gasteiger partial charge in [-0.25, -0.2) is 4.99 Å². The molecule has 0 saturated heterocycles. The van der Waals surface area contributed by atoms with E-state index in [1.165, 1.54) is 11.3 Å². The molecule has 3 heterocycles. The van der Waals surface area contributed by atoms with Crippen molar-refractivity contribution in [2.75, 3.05) is 0 Å². The molecule has 3 aromatic carbocycles. The highest BCUT2D eigenvalue weighted by molar-refractivity contribution is 7.07. The fourth-order valence-electron chi connectivity index (χ4n) is 4.38. The Morgan fingerprint density at radius 2 is 1.84 bits per heavy atom. The Balaban J connectivity index is 1.44. The molecule has 4 aromatic rings. The number of para-hydroxylation sites is 2. The molecule has 32 heavy (non-hydrogen) atoms. The minimum atomic E-state index is -0.656. The van der Waals surface area contributed by atoms with Gasteiger partial charge in [0.1, 0.15) is 17.2 Å². The lowest BCUT2D eigenvalue weighted by Gasteiger charge is -2.39. The van der Waals surface area contributed by atoms with Crippen LogP contribution in [-0.2, 0) is 0 Å². The Kier molecular flexibility index (Phi) is 4.30. The van der Waals surface area contributed by atoms with Crippen molar-refractivity contribution in [1.29, 1.82) is 0 Å². The average Bonchev–Trinajstić information content (AvgIpc) is 3.08. The van der Waals surface area contributed by atoms with Crippen LogP contribution in [0, 0.1) is 0 Å². The SMILES string of the molecule is C[C@@]12C[C@@H](c3ccccc3O1)n1c(s/c(=C\c3cccc(Oc4ccccc4)c3)c1=O)=N2. The fourth-order valence-corrected chi connectivity index (χ4v) is 5.51. The first kappa shape index (κ1) is 19.1. The molecule has 0 amide bonds. The first-order valence-electron chi connectivity index (χ1n) is 10.5. The Morgan fingerprint density at radius 3 is 2.72 bits per heavy atom. The zero-order valence-electron chi connectivity index (χ0n) is 17.4. The van der Waals surface area contributed by atoms with Crippen LogP contribution >= 0.6 is 11.3 Å². The van der Waals surface area contributed by atoms with E-state index in [0.29, 0.717) is 15.8 Å². The molecule has 1 aromatic heterocycles. The van der Waals surface area contributed by atoms with Gasteiger partial charge in [0.05, 0.1) is 10.6 Å². The number of fused-ring (bicyclic) bond motifs is 6. The van der Waals surface area contributed by atoms with Gasteiger partial charge in [-0.1, -0.05) is 59.9 Å². The molecule has 0 unspecified atom stereocenters. The second-order valence-corrected chi connectivity index (χ2v) is 9.21. The topological polar surface area (TPSA) is 52.8 Å². The van der Waals surface area contributed by atoms with E-state index in [4.69, 9.17) is 14.5 Å². The Bertz CT molecular complexity index is 1510. The van der Waals surface area contributed by atoms with Crippen LogP contribution in [0.4, 0.5) is 0 Å². The summed E-state index contributed by atoms with van der Waals surface area (Å²) in [5.41, 5.74) is 1.26. The number of hydrogen-bond donors (Lipinski definition) is 0. The monoisotopic (exact) mass is 440 g/mol. The summed E-state index contributed by atoms with van der Waals surface area (Å²) in [4.78, 5) is 18.9. The van der Waals surface area contributed by atoms with Crippen molar-refractivity contribution in [2.24, 2.45) is 4.99 Å². The van der Waals surface area contributed by atoms with Crippen molar-refractivity contribution in [3.8, 4) is 17.2 Å². The molecule has 5 nitrogen and oxygen atoms in total. The molecular weight excluding hydrogens is 420 g/mol. The number of nitrogens with zero attached hydrogens (tertiary/aromatic N) is 2. The number of ether oxygens (including phenoxy) is 2. The van der Waals surface area contributed by atoms with Crippen LogP contribution in [0.15, 0.2) is 88.6 Å². The van der Waals surface area contributed by atoms with Gasteiger partial charge in [-0.3, -0.25) is 9.36 Å². The van der Waals surface area contributed by atoms with E-state index >= 15 is 0 Å². The quantitative estimate of drug-likeness (QED) is 0.479. The second kappa shape index (κ2) is 7.21. The summed E-state index contributed by atoms with van der Waals surface area (Å²) in [6, 6.07) is 25.2. The van der Waals surface area contributed by atoms with Crippen LogP contribution < -0.4 is 24.4 Å². The molecule has 0 saturated carbocycles. The van der Waals surface area contributed by atoms with Gasteiger partial charge in [-0.2, -0.15) is 0 Å². The van der Waals surface area contributed by atoms with Crippen LogP contribution in [0.3, 0.4) is 0 Å². The van der Waals surface area contributed by atoms with Crippen molar-refractivity contribution in [3.05, 3.63) is 110 Å². The number of hydrogen-bond acceptors (Lipinski definition) is 5. The van der Waals surface area contributed by atoms with Gasteiger partial charge < -0.3 is 9.47 Å². The standard InChI is InChI=1S/C26H20N2O3S/c1-26-16-21(20-12-5-6-13-22(20)31-26)28-24(29)23(32-25(28)27-26)15-17-8-7-11-19(14-17)30-18-9-3-2-4-10-18/h2-15,21H,16H2,1H3/b23-15-/t21-,26-/m0/s1. The third-order valence-corrected chi connectivity index (χ3v) is 6.78.